The molecule has 0 rings (SSSR count). The maximum atomic E-state index is 11.2. The van der Waals surface area contributed by atoms with Crippen LogP contribution in [0.2, 0.25) is 0 Å². The minimum Gasteiger partial charge on any atom is -0.381 e. The highest BCUT2D eigenvalue weighted by atomic mass is 32.2. The summed E-state index contributed by atoms with van der Waals surface area (Å²) >= 11 is 1.25. The summed E-state index contributed by atoms with van der Waals surface area (Å²) in [6, 6.07) is 0. The summed E-state index contributed by atoms with van der Waals surface area (Å²) in [5.74, 6) is 0. The fraction of sp³-hybridized carbons (Fsp3) is 0.900. The van der Waals surface area contributed by atoms with Crippen LogP contribution in [0.5, 0.6) is 0 Å². The Labute approximate surface area is 96.7 Å². The summed E-state index contributed by atoms with van der Waals surface area (Å²) < 4.78 is 5.41. The van der Waals surface area contributed by atoms with Gasteiger partial charge in [0.05, 0.1) is 0 Å². The van der Waals surface area contributed by atoms with Gasteiger partial charge >= 0.3 is 0 Å². The van der Waals surface area contributed by atoms with Gasteiger partial charge in [-0.25, -0.2) is 0 Å². The van der Waals surface area contributed by atoms with Crippen LogP contribution in [0, 0.1) is 0 Å². The van der Waals surface area contributed by atoms with Gasteiger partial charge in [-0.15, -0.1) is 0 Å². The lowest BCUT2D eigenvalue weighted by atomic mass is 10.4. The second-order valence-electron chi connectivity index (χ2n) is 3.31. The maximum Gasteiger partial charge on any atom is 0.281 e. The number of nitrogens with zero attached hydrogens (tertiary/aromatic N) is 1. The monoisotopic (exact) mass is 234 g/mol. The predicted molar refractivity (Wildman–Crippen MR) is 65.5 cm³/mol. The molecule has 1 N–H and O–H groups in total. The van der Waals surface area contributed by atoms with Crippen LogP contribution in [-0.4, -0.2) is 56.8 Å². The molecular formula is C10H22N2O2S. The molecule has 0 heterocycles. The van der Waals surface area contributed by atoms with Gasteiger partial charge in [-0.2, -0.15) is 0 Å². The summed E-state index contributed by atoms with van der Waals surface area (Å²) in [5, 5.41) is 3.18. The van der Waals surface area contributed by atoms with Gasteiger partial charge in [0.25, 0.3) is 5.24 Å². The molecular weight excluding hydrogens is 212 g/mol. The molecule has 4 nitrogen and oxygen atoms in total. The standard InChI is InChI=1S/C10H22N2O2S/c1-11-6-4-8-14-9-5-7-12(2)10(13)15-3/h11H,4-9H2,1-3H3. The Balaban J connectivity index is 3.20. The Bertz CT molecular complexity index is 168. The quantitative estimate of drug-likeness (QED) is 0.645. The van der Waals surface area contributed by atoms with E-state index in [2.05, 4.69) is 5.32 Å². The summed E-state index contributed by atoms with van der Waals surface area (Å²) in [6.07, 6.45) is 3.74. The number of carbonyl (C=O) groups excluding carboxylic acids is 1. The van der Waals surface area contributed by atoms with Gasteiger partial charge in [-0.05, 0) is 32.7 Å². The summed E-state index contributed by atoms with van der Waals surface area (Å²) in [4.78, 5) is 12.9. The number of ether oxygens (including phenoxy) is 1. The lowest BCUT2D eigenvalue weighted by molar-refractivity contribution is 0.124. The average molecular weight is 234 g/mol. The van der Waals surface area contributed by atoms with E-state index in [9.17, 15) is 4.79 Å². The molecule has 0 aromatic rings. The highest BCUT2D eigenvalue weighted by Crippen LogP contribution is 2.02. The normalized spacial score (nSPS) is 10.3. The lowest BCUT2D eigenvalue weighted by Crippen LogP contribution is -2.24. The largest absolute Gasteiger partial charge is 0.381 e. The number of rotatable bonds is 8. The molecule has 0 saturated carbocycles. The molecule has 0 aliphatic rings. The third-order valence-corrected chi connectivity index (χ3v) is 2.64. The summed E-state index contributed by atoms with van der Waals surface area (Å²) in [7, 11) is 3.75. The van der Waals surface area contributed by atoms with Gasteiger partial charge in [-0.1, -0.05) is 11.8 Å². The van der Waals surface area contributed by atoms with E-state index >= 15 is 0 Å². The highest BCUT2D eigenvalue weighted by molar-refractivity contribution is 8.12. The molecule has 0 unspecified atom stereocenters. The van der Waals surface area contributed by atoms with Gasteiger partial charge in [0, 0.05) is 26.8 Å². The maximum absolute atomic E-state index is 11.2. The lowest BCUT2D eigenvalue weighted by Gasteiger charge is -2.15. The zero-order valence-corrected chi connectivity index (χ0v) is 10.7. The van der Waals surface area contributed by atoms with E-state index < -0.39 is 0 Å². The first-order valence-electron chi connectivity index (χ1n) is 5.23. The van der Waals surface area contributed by atoms with Gasteiger partial charge < -0.3 is 15.0 Å². The third kappa shape index (κ3) is 8.72. The fourth-order valence-corrected chi connectivity index (χ4v) is 1.51. The van der Waals surface area contributed by atoms with E-state index in [4.69, 9.17) is 4.74 Å². The van der Waals surface area contributed by atoms with Crippen molar-refractivity contribution in [2.24, 2.45) is 0 Å². The van der Waals surface area contributed by atoms with E-state index in [1.807, 2.05) is 14.1 Å². The van der Waals surface area contributed by atoms with Crippen LogP contribution in [0.3, 0.4) is 0 Å². The Morgan fingerprint density at radius 1 is 1.40 bits per heavy atom. The van der Waals surface area contributed by atoms with Crippen LogP contribution in [0.1, 0.15) is 12.8 Å². The van der Waals surface area contributed by atoms with Crippen molar-refractivity contribution in [1.29, 1.82) is 0 Å². The van der Waals surface area contributed by atoms with Crippen molar-refractivity contribution >= 4 is 17.0 Å². The molecule has 0 radical (unpaired) electrons. The molecule has 90 valence electrons. The van der Waals surface area contributed by atoms with Crippen LogP contribution in [0.25, 0.3) is 0 Å². The van der Waals surface area contributed by atoms with Crippen molar-refractivity contribution in [3.05, 3.63) is 0 Å². The summed E-state index contributed by atoms with van der Waals surface area (Å²) in [5.41, 5.74) is 0. The van der Waals surface area contributed by atoms with Crippen molar-refractivity contribution in [1.82, 2.24) is 10.2 Å². The number of nitrogens with one attached hydrogen (secondary N) is 1. The number of hydrogen-bond donors (Lipinski definition) is 1. The van der Waals surface area contributed by atoms with E-state index in [0.29, 0.717) is 0 Å². The molecule has 0 atom stereocenters. The number of carbonyl (C=O) groups is 1. The Morgan fingerprint density at radius 3 is 2.67 bits per heavy atom. The minimum atomic E-state index is 0.116. The highest BCUT2D eigenvalue weighted by Gasteiger charge is 2.04. The van der Waals surface area contributed by atoms with Crippen molar-refractivity contribution in [2.45, 2.75) is 12.8 Å². The van der Waals surface area contributed by atoms with Crippen molar-refractivity contribution in [3.8, 4) is 0 Å². The molecule has 0 aliphatic heterocycles. The molecule has 1 amide bonds. The Morgan fingerprint density at radius 2 is 2.07 bits per heavy atom. The Kier molecular flexibility index (Phi) is 10.1. The molecule has 0 aromatic heterocycles. The van der Waals surface area contributed by atoms with Crippen LogP contribution in [-0.2, 0) is 4.74 Å². The first-order chi connectivity index (χ1) is 7.22. The zero-order chi connectivity index (χ0) is 11.5. The molecule has 0 saturated heterocycles. The van der Waals surface area contributed by atoms with Crippen LogP contribution in [0.15, 0.2) is 0 Å². The number of amides is 1. The van der Waals surface area contributed by atoms with Crippen molar-refractivity contribution in [2.75, 3.05) is 46.7 Å². The predicted octanol–water partition coefficient (Wildman–Crippen LogP) is 1.42. The van der Waals surface area contributed by atoms with E-state index in [-0.39, 0.29) is 5.24 Å². The minimum absolute atomic E-state index is 0.116. The first kappa shape index (κ1) is 14.7. The van der Waals surface area contributed by atoms with Gasteiger partial charge in [0.2, 0.25) is 0 Å². The molecule has 0 bridgehead atoms. The molecule has 0 spiro atoms. The Hall–Kier alpha value is -0.260. The zero-order valence-electron chi connectivity index (χ0n) is 9.91. The molecule has 5 heteroatoms. The van der Waals surface area contributed by atoms with E-state index in [1.54, 1.807) is 11.2 Å². The number of thioether (sulfide) groups is 1. The van der Waals surface area contributed by atoms with E-state index in [0.717, 1.165) is 39.1 Å². The smallest absolute Gasteiger partial charge is 0.281 e. The van der Waals surface area contributed by atoms with Crippen LogP contribution in [0.4, 0.5) is 4.79 Å². The SMILES string of the molecule is CNCCCOCCCN(C)C(=O)SC. The average Bonchev–Trinajstić information content (AvgIpc) is 2.26. The second-order valence-corrected chi connectivity index (χ2v) is 4.07. The molecule has 15 heavy (non-hydrogen) atoms. The van der Waals surface area contributed by atoms with Gasteiger partial charge in [0.1, 0.15) is 0 Å². The molecule has 0 aromatic carbocycles. The van der Waals surface area contributed by atoms with Crippen molar-refractivity contribution in [3.63, 3.8) is 0 Å². The topological polar surface area (TPSA) is 41.6 Å². The van der Waals surface area contributed by atoms with Gasteiger partial charge in [-0.3, -0.25) is 4.79 Å². The first-order valence-corrected chi connectivity index (χ1v) is 6.46. The van der Waals surface area contributed by atoms with E-state index in [1.165, 1.54) is 11.8 Å². The van der Waals surface area contributed by atoms with Crippen LogP contribution >= 0.6 is 11.8 Å². The third-order valence-electron chi connectivity index (χ3n) is 1.98. The van der Waals surface area contributed by atoms with Crippen LogP contribution < -0.4 is 5.32 Å². The summed E-state index contributed by atoms with van der Waals surface area (Å²) in [6.45, 7) is 3.29. The molecule has 0 fully saturated rings. The van der Waals surface area contributed by atoms with Gasteiger partial charge in [0.15, 0.2) is 0 Å². The fourth-order valence-electron chi connectivity index (χ4n) is 1.10. The molecule has 0 aliphatic carbocycles. The number of hydrogen-bond acceptors (Lipinski definition) is 4. The van der Waals surface area contributed by atoms with Crippen molar-refractivity contribution < 1.29 is 9.53 Å². The second kappa shape index (κ2) is 10.3.